The van der Waals surface area contributed by atoms with Gasteiger partial charge in [0.25, 0.3) is 0 Å². The molecule has 0 aromatic heterocycles. The molecule has 0 saturated heterocycles. The molecule has 0 spiro atoms. The van der Waals surface area contributed by atoms with Gasteiger partial charge in [-0.05, 0) is 29.8 Å². The van der Waals surface area contributed by atoms with E-state index < -0.39 is 0 Å². The third-order valence-corrected chi connectivity index (χ3v) is 1.77. The average molecular weight is 119 g/mol. The van der Waals surface area contributed by atoms with Crippen LogP contribution in [0, 0.1) is 0 Å². The van der Waals surface area contributed by atoms with Gasteiger partial charge in [-0.1, -0.05) is 12.2 Å². The molecular formula is C8H9N. The molecule has 1 nitrogen and oxygen atoms in total. The summed E-state index contributed by atoms with van der Waals surface area (Å²) in [6.07, 6.45) is 9.68. The van der Waals surface area contributed by atoms with Gasteiger partial charge in [-0.15, -0.1) is 0 Å². The highest BCUT2D eigenvalue weighted by molar-refractivity contribution is 5.44. The van der Waals surface area contributed by atoms with E-state index in [9.17, 15) is 0 Å². The van der Waals surface area contributed by atoms with Gasteiger partial charge in [0.05, 0.1) is 0 Å². The lowest BCUT2D eigenvalue weighted by atomic mass is 10.1. The highest BCUT2D eigenvalue weighted by atomic mass is 14.8. The number of hydrogen-bond donors (Lipinski definition) is 1. The molecular weight excluding hydrogens is 110 g/mol. The van der Waals surface area contributed by atoms with Crippen LogP contribution in [0.4, 0.5) is 0 Å². The Balaban J connectivity index is 2.35. The third kappa shape index (κ3) is 0.689. The number of nitrogens with one attached hydrogen (secondary N) is 1. The maximum atomic E-state index is 3.18. The maximum Gasteiger partial charge on any atom is 0.0366 e. The summed E-state index contributed by atoms with van der Waals surface area (Å²) < 4.78 is 0. The molecule has 1 heteroatoms. The average Bonchev–Trinajstić information content (AvgIpc) is 2.33. The number of hydrogen-bond acceptors (Lipinski definition) is 1. The van der Waals surface area contributed by atoms with E-state index in [-0.39, 0.29) is 0 Å². The molecule has 0 radical (unpaired) electrons. The van der Waals surface area contributed by atoms with Gasteiger partial charge >= 0.3 is 0 Å². The zero-order valence-electron chi connectivity index (χ0n) is 5.22. The summed E-state index contributed by atoms with van der Waals surface area (Å²) in [4.78, 5) is 0. The van der Waals surface area contributed by atoms with Gasteiger partial charge < -0.3 is 5.32 Å². The summed E-state index contributed by atoms with van der Waals surface area (Å²) in [6, 6.07) is 0. The van der Waals surface area contributed by atoms with Crippen molar-refractivity contribution in [3.05, 3.63) is 35.6 Å². The zero-order valence-corrected chi connectivity index (χ0v) is 5.22. The molecule has 0 unspecified atom stereocenters. The monoisotopic (exact) mass is 119 g/mol. The first-order valence-corrected chi connectivity index (χ1v) is 3.25. The Bertz CT molecular complexity index is 209. The lowest BCUT2D eigenvalue weighted by Gasteiger charge is -2.08. The SMILES string of the molecule is C1=CC2=C(C1)CNC=C2. The van der Waals surface area contributed by atoms with Gasteiger partial charge in [-0.2, -0.15) is 0 Å². The Morgan fingerprint density at radius 3 is 3.22 bits per heavy atom. The van der Waals surface area contributed by atoms with Crippen LogP contribution in [0.3, 0.4) is 0 Å². The lowest BCUT2D eigenvalue weighted by molar-refractivity contribution is 0.895. The molecule has 0 amide bonds. The van der Waals surface area contributed by atoms with Gasteiger partial charge in [0.15, 0.2) is 0 Å². The standard InChI is InChI=1S/C8H9N/c1-2-7-4-5-9-6-8(7)3-1/h1-2,4-5,9H,3,6H2. The Labute approximate surface area is 54.8 Å². The molecule has 1 N–H and O–H groups in total. The molecule has 2 aliphatic rings. The van der Waals surface area contributed by atoms with Gasteiger partial charge in [0.1, 0.15) is 0 Å². The molecule has 2 rings (SSSR count). The Hall–Kier alpha value is -0.980. The summed E-state index contributed by atoms with van der Waals surface area (Å²) in [5.41, 5.74) is 2.94. The molecule has 0 atom stereocenters. The minimum atomic E-state index is 1.04. The summed E-state index contributed by atoms with van der Waals surface area (Å²) >= 11 is 0. The molecule has 46 valence electrons. The number of rotatable bonds is 0. The highest BCUT2D eigenvalue weighted by Crippen LogP contribution is 2.20. The largest absolute Gasteiger partial charge is 0.387 e. The Kier molecular flexibility index (Phi) is 0.950. The quantitative estimate of drug-likeness (QED) is 0.507. The minimum absolute atomic E-state index is 1.04. The smallest absolute Gasteiger partial charge is 0.0366 e. The molecule has 9 heavy (non-hydrogen) atoms. The molecule has 1 heterocycles. The molecule has 0 aromatic carbocycles. The number of allylic oxidation sites excluding steroid dienone is 4. The normalized spacial score (nSPS) is 22.2. The van der Waals surface area contributed by atoms with Crippen LogP contribution in [-0.2, 0) is 0 Å². The van der Waals surface area contributed by atoms with E-state index in [1.54, 1.807) is 0 Å². The molecule has 1 aliphatic heterocycles. The van der Waals surface area contributed by atoms with Crippen LogP contribution in [-0.4, -0.2) is 6.54 Å². The summed E-state index contributed by atoms with van der Waals surface area (Å²) in [7, 11) is 0. The van der Waals surface area contributed by atoms with E-state index in [2.05, 4.69) is 23.5 Å². The van der Waals surface area contributed by atoms with Crippen LogP contribution in [0.15, 0.2) is 35.6 Å². The van der Waals surface area contributed by atoms with Crippen molar-refractivity contribution < 1.29 is 0 Å². The first-order valence-electron chi connectivity index (χ1n) is 3.25. The van der Waals surface area contributed by atoms with Gasteiger partial charge in [-0.3, -0.25) is 0 Å². The first-order chi connectivity index (χ1) is 4.47. The van der Waals surface area contributed by atoms with Crippen molar-refractivity contribution in [1.29, 1.82) is 0 Å². The van der Waals surface area contributed by atoms with Crippen LogP contribution in [0.25, 0.3) is 0 Å². The van der Waals surface area contributed by atoms with Crippen LogP contribution >= 0.6 is 0 Å². The van der Waals surface area contributed by atoms with E-state index in [0.717, 1.165) is 13.0 Å². The molecule has 0 fully saturated rings. The van der Waals surface area contributed by atoms with Crippen molar-refractivity contribution in [3.8, 4) is 0 Å². The fraction of sp³-hybridized carbons (Fsp3) is 0.250. The van der Waals surface area contributed by atoms with Gasteiger partial charge in [-0.25, -0.2) is 0 Å². The fourth-order valence-corrected chi connectivity index (χ4v) is 1.24. The van der Waals surface area contributed by atoms with Crippen molar-refractivity contribution >= 4 is 0 Å². The summed E-state index contributed by atoms with van der Waals surface area (Å²) in [5.74, 6) is 0. The van der Waals surface area contributed by atoms with Crippen LogP contribution in [0.5, 0.6) is 0 Å². The van der Waals surface area contributed by atoms with E-state index >= 15 is 0 Å². The van der Waals surface area contributed by atoms with E-state index in [4.69, 9.17) is 0 Å². The predicted molar refractivity (Wildman–Crippen MR) is 37.9 cm³/mol. The molecule has 0 bridgehead atoms. The molecule has 1 aliphatic carbocycles. The van der Waals surface area contributed by atoms with Crippen molar-refractivity contribution in [2.75, 3.05) is 6.54 Å². The second-order valence-corrected chi connectivity index (χ2v) is 2.38. The summed E-state index contributed by atoms with van der Waals surface area (Å²) in [6.45, 7) is 1.04. The first kappa shape index (κ1) is 4.86. The van der Waals surface area contributed by atoms with Crippen LogP contribution < -0.4 is 5.32 Å². The maximum absolute atomic E-state index is 3.18. The topological polar surface area (TPSA) is 12.0 Å². The predicted octanol–water partition coefficient (Wildman–Crippen LogP) is 1.36. The Morgan fingerprint density at radius 2 is 2.33 bits per heavy atom. The van der Waals surface area contributed by atoms with Crippen LogP contribution in [0.1, 0.15) is 6.42 Å². The lowest BCUT2D eigenvalue weighted by Crippen LogP contribution is -2.12. The van der Waals surface area contributed by atoms with Crippen molar-refractivity contribution in [3.63, 3.8) is 0 Å². The second kappa shape index (κ2) is 1.76. The highest BCUT2D eigenvalue weighted by Gasteiger charge is 2.07. The van der Waals surface area contributed by atoms with Gasteiger partial charge in [0.2, 0.25) is 0 Å². The van der Waals surface area contributed by atoms with Crippen molar-refractivity contribution in [2.45, 2.75) is 6.42 Å². The van der Waals surface area contributed by atoms with E-state index in [1.807, 2.05) is 6.20 Å². The minimum Gasteiger partial charge on any atom is -0.387 e. The van der Waals surface area contributed by atoms with Crippen molar-refractivity contribution in [1.82, 2.24) is 5.32 Å². The van der Waals surface area contributed by atoms with Gasteiger partial charge in [0, 0.05) is 6.54 Å². The van der Waals surface area contributed by atoms with E-state index in [1.165, 1.54) is 11.1 Å². The molecule has 0 saturated carbocycles. The van der Waals surface area contributed by atoms with Crippen LogP contribution in [0.2, 0.25) is 0 Å². The van der Waals surface area contributed by atoms with E-state index in [0.29, 0.717) is 0 Å². The summed E-state index contributed by atoms with van der Waals surface area (Å²) in [5, 5.41) is 3.18. The van der Waals surface area contributed by atoms with Crippen molar-refractivity contribution in [2.24, 2.45) is 0 Å². The zero-order chi connectivity index (χ0) is 6.10. The fourth-order valence-electron chi connectivity index (χ4n) is 1.24. The Morgan fingerprint density at radius 1 is 1.33 bits per heavy atom. The molecule has 0 aromatic rings. The third-order valence-electron chi connectivity index (χ3n) is 1.77. The number of dihydropyridines is 1. The second-order valence-electron chi connectivity index (χ2n) is 2.38.